The van der Waals surface area contributed by atoms with E-state index in [0.29, 0.717) is 5.75 Å². The van der Waals surface area contributed by atoms with Crippen molar-refractivity contribution < 1.29 is 20.8 Å². The van der Waals surface area contributed by atoms with Gasteiger partial charge in [-0.25, -0.2) is 0 Å². The number of hydrogen-bond acceptors (Lipinski definition) is 4. The first-order chi connectivity index (χ1) is 6.18. The molecule has 1 aromatic rings. The molecule has 0 bridgehead atoms. The minimum atomic E-state index is -2.59. The molecule has 2 atom stereocenters. The molecule has 2 unspecified atom stereocenters. The second kappa shape index (κ2) is 5.07. The number of hydrogen-bond donors (Lipinski definition) is 1. The predicted molar refractivity (Wildman–Crippen MR) is 47.1 cm³/mol. The molecule has 13 heavy (non-hydrogen) atoms. The molecule has 72 valence electrons. The van der Waals surface area contributed by atoms with Gasteiger partial charge in [0.25, 0.3) is 0 Å². The van der Waals surface area contributed by atoms with Gasteiger partial charge in [0, 0.05) is 0 Å². The summed E-state index contributed by atoms with van der Waals surface area (Å²) in [6.07, 6.45) is 0. The van der Waals surface area contributed by atoms with E-state index in [1.807, 2.05) is 0 Å². The summed E-state index contributed by atoms with van der Waals surface area (Å²) < 4.78 is 37.5. The normalized spacial score (nSPS) is 14.8. The van der Waals surface area contributed by atoms with Crippen molar-refractivity contribution >= 4 is 22.7 Å². The SMILES string of the molecule is O=S(O)OS(=O)Oc1ccccc1. The molecule has 0 aliphatic rings. The van der Waals surface area contributed by atoms with E-state index in [9.17, 15) is 8.42 Å². The zero-order chi connectivity index (χ0) is 9.68. The van der Waals surface area contributed by atoms with E-state index in [-0.39, 0.29) is 0 Å². The van der Waals surface area contributed by atoms with Crippen LogP contribution in [0.4, 0.5) is 0 Å². The summed E-state index contributed by atoms with van der Waals surface area (Å²) in [5.41, 5.74) is 0. The number of para-hydroxylation sites is 1. The summed E-state index contributed by atoms with van der Waals surface area (Å²) in [4.78, 5) is 0. The summed E-state index contributed by atoms with van der Waals surface area (Å²) >= 11 is -4.85. The van der Waals surface area contributed by atoms with Gasteiger partial charge in [0.15, 0.2) is 0 Å². The van der Waals surface area contributed by atoms with Crippen molar-refractivity contribution in [2.75, 3.05) is 0 Å². The Balaban J connectivity index is 2.50. The van der Waals surface area contributed by atoms with Gasteiger partial charge in [-0.05, 0) is 12.1 Å². The van der Waals surface area contributed by atoms with Crippen LogP contribution >= 0.6 is 0 Å². The first-order valence-corrected chi connectivity index (χ1v) is 5.16. The van der Waals surface area contributed by atoms with Gasteiger partial charge in [-0.2, -0.15) is 8.42 Å². The lowest BCUT2D eigenvalue weighted by Crippen LogP contribution is -2.06. The van der Waals surface area contributed by atoms with E-state index >= 15 is 0 Å². The molecular formula is C6H6O5S2. The molecular weight excluding hydrogens is 216 g/mol. The molecule has 0 spiro atoms. The molecule has 0 aliphatic carbocycles. The van der Waals surface area contributed by atoms with Crippen molar-refractivity contribution in [1.29, 1.82) is 0 Å². The average Bonchev–Trinajstić information content (AvgIpc) is 2.04. The lowest BCUT2D eigenvalue weighted by atomic mass is 10.3. The molecule has 7 heteroatoms. The second-order valence-corrected chi connectivity index (χ2v) is 3.44. The fraction of sp³-hybridized carbons (Fsp3) is 0. The fourth-order valence-electron chi connectivity index (χ4n) is 0.616. The number of benzene rings is 1. The minimum Gasteiger partial charge on any atom is -0.379 e. The molecule has 0 aromatic heterocycles. The Morgan fingerprint density at radius 3 is 2.31 bits per heavy atom. The van der Waals surface area contributed by atoms with Crippen molar-refractivity contribution in [2.24, 2.45) is 0 Å². The summed E-state index contributed by atoms with van der Waals surface area (Å²) in [6.45, 7) is 0. The zero-order valence-electron chi connectivity index (χ0n) is 6.28. The molecule has 1 N–H and O–H groups in total. The van der Waals surface area contributed by atoms with E-state index in [1.165, 1.54) is 0 Å². The molecule has 0 radical (unpaired) electrons. The molecule has 0 fully saturated rings. The van der Waals surface area contributed by atoms with Gasteiger partial charge in [0.2, 0.25) is 0 Å². The maximum atomic E-state index is 10.7. The third-order valence-electron chi connectivity index (χ3n) is 1.02. The topological polar surface area (TPSA) is 72.8 Å². The Kier molecular flexibility index (Phi) is 4.03. The predicted octanol–water partition coefficient (Wildman–Crippen LogP) is 0.797. The maximum Gasteiger partial charge on any atom is 0.376 e. The largest absolute Gasteiger partial charge is 0.379 e. The monoisotopic (exact) mass is 222 g/mol. The third kappa shape index (κ3) is 4.13. The van der Waals surface area contributed by atoms with Gasteiger partial charge in [0.05, 0.1) is 0 Å². The quantitative estimate of drug-likeness (QED) is 0.763. The Labute approximate surface area is 80.0 Å². The van der Waals surface area contributed by atoms with Gasteiger partial charge >= 0.3 is 22.7 Å². The fourth-order valence-corrected chi connectivity index (χ4v) is 1.38. The highest BCUT2D eigenvalue weighted by Crippen LogP contribution is 2.10. The average molecular weight is 222 g/mol. The molecule has 1 aromatic carbocycles. The van der Waals surface area contributed by atoms with Crippen LogP contribution in [0.1, 0.15) is 0 Å². The highest BCUT2D eigenvalue weighted by molar-refractivity contribution is 7.88. The molecule has 0 saturated carbocycles. The van der Waals surface area contributed by atoms with Crippen LogP contribution in [-0.4, -0.2) is 13.0 Å². The van der Waals surface area contributed by atoms with E-state index < -0.39 is 22.7 Å². The van der Waals surface area contributed by atoms with Crippen LogP contribution in [0.2, 0.25) is 0 Å². The van der Waals surface area contributed by atoms with Gasteiger partial charge < -0.3 is 4.18 Å². The minimum absolute atomic E-state index is 0.297. The van der Waals surface area contributed by atoms with Gasteiger partial charge in [-0.1, -0.05) is 18.2 Å². The van der Waals surface area contributed by atoms with E-state index in [4.69, 9.17) is 4.55 Å². The zero-order valence-corrected chi connectivity index (χ0v) is 7.92. The molecule has 0 heterocycles. The van der Waals surface area contributed by atoms with Crippen LogP contribution in [0.25, 0.3) is 0 Å². The van der Waals surface area contributed by atoms with Crippen molar-refractivity contribution in [3.63, 3.8) is 0 Å². The van der Waals surface area contributed by atoms with Crippen LogP contribution < -0.4 is 4.18 Å². The molecule has 0 amide bonds. The van der Waals surface area contributed by atoms with Crippen LogP contribution in [0.5, 0.6) is 5.75 Å². The molecule has 0 saturated heterocycles. The summed E-state index contributed by atoms with van der Waals surface area (Å²) in [5, 5.41) is 0. The first-order valence-electron chi connectivity index (χ1n) is 3.13. The van der Waals surface area contributed by atoms with Crippen molar-refractivity contribution in [3.05, 3.63) is 30.3 Å². The van der Waals surface area contributed by atoms with Crippen LogP contribution in [-0.2, 0) is 26.4 Å². The summed E-state index contributed by atoms with van der Waals surface area (Å²) in [7, 11) is 0. The Morgan fingerprint density at radius 2 is 1.77 bits per heavy atom. The third-order valence-corrected chi connectivity index (χ3v) is 2.26. The standard InChI is InChI=1S/C6H6O5S2/c7-12(8)11-13(9)10-6-4-2-1-3-5-6/h1-5H,(H,7,8). The van der Waals surface area contributed by atoms with Crippen molar-refractivity contribution in [1.82, 2.24) is 0 Å². The summed E-state index contributed by atoms with van der Waals surface area (Å²) in [5.74, 6) is 0.297. The van der Waals surface area contributed by atoms with Gasteiger partial charge in [-0.3, -0.25) is 4.55 Å². The molecule has 0 aliphatic heterocycles. The van der Waals surface area contributed by atoms with E-state index in [0.717, 1.165) is 0 Å². The van der Waals surface area contributed by atoms with Gasteiger partial charge in [-0.15, -0.1) is 3.63 Å². The lowest BCUT2D eigenvalue weighted by molar-refractivity contribution is 0.430. The van der Waals surface area contributed by atoms with Crippen LogP contribution in [0.3, 0.4) is 0 Å². The van der Waals surface area contributed by atoms with Crippen LogP contribution in [0.15, 0.2) is 30.3 Å². The van der Waals surface area contributed by atoms with Crippen LogP contribution in [0, 0.1) is 0 Å². The Bertz CT molecular complexity index is 312. The van der Waals surface area contributed by atoms with Crippen molar-refractivity contribution in [2.45, 2.75) is 0 Å². The lowest BCUT2D eigenvalue weighted by Gasteiger charge is -2.00. The smallest absolute Gasteiger partial charge is 0.376 e. The highest BCUT2D eigenvalue weighted by atomic mass is 32.3. The van der Waals surface area contributed by atoms with Crippen molar-refractivity contribution in [3.8, 4) is 5.75 Å². The molecule has 1 rings (SSSR count). The Hall–Kier alpha value is -0.760. The summed E-state index contributed by atoms with van der Waals surface area (Å²) in [6, 6.07) is 8.18. The van der Waals surface area contributed by atoms with E-state index in [2.05, 4.69) is 7.81 Å². The van der Waals surface area contributed by atoms with E-state index in [1.54, 1.807) is 30.3 Å². The highest BCUT2D eigenvalue weighted by Gasteiger charge is 2.06. The Morgan fingerprint density at radius 1 is 1.15 bits per heavy atom. The maximum absolute atomic E-state index is 10.7. The second-order valence-electron chi connectivity index (χ2n) is 1.89. The molecule has 5 nitrogen and oxygen atoms in total. The number of rotatable bonds is 4. The van der Waals surface area contributed by atoms with Gasteiger partial charge in [0.1, 0.15) is 5.75 Å². The first kappa shape index (κ1) is 10.3.